The van der Waals surface area contributed by atoms with Crippen LogP contribution < -0.4 is 10.6 Å². The number of hydrogen-bond donors (Lipinski definition) is 2. The Labute approximate surface area is 129 Å². The number of nitrogens with one attached hydrogen (secondary N) is 2. The van der Waals surface area contributed by atoms with Crippen LogP contribution in [0.2, 0.25) is 0 Å². The third kappa shape index (κ3) is 3.20. The number of fused-ring (bicyclic) bond motifs is 1. The van der Waals surface area contributed by atoms with Gasteiger partial charge in [0, 0.05) is 37.1 Å². The topological polar surface area (TPSA) is 45.7 Å². The van der Waals surface area contributed by atoms with Crippen molar-refractivity contribution in [1.82, 2.24) is 10.6 Å². The van der Waals surface area contributed by atoms with Crippen LogP contribution in [0.5, 0.6) is 0 Å². The van der Waals surface area contributed by atoms with Crippen LogP contribution in [0.25, 0.3) is 0 Å². The van der Waals surface area contributed by atoms with Gasteiger partial charge in [0.1, 0.15) is 0 Å². The van der Waals surface area contributed by atoms with E-state index in [1.165, 1.54) is 32.1 Å². The number of aliphatic imine (C=N–C) groups is 1. The van der Waals surface area contributed by atoms with E-state index in [0.717, 1.165) is 31.6 Å². The van der Waals surface area contributed by atoms with Crippen molar-refractivity contribution in [2.75, 3.05) is 19.7 Å². The molecule has 120 valence electrons. The maximum absolute atomic E-state index is 5.98. The van der Waals surface area contributed by atoms with E-state index in [-0.39, 0.29) is 5.41 Å². The molecule has 1 saturated heterocycles. The van der Waals surface area contributed by atoms with E-state index in [0.29, 0.717) is 18.1 Å². The van der Waals surface area contributed by atoms with Gasteiger partial charge in [-0.2, -0.15) is 0 Å². The minimum absolute atomic E-state index is 0.206. The van der Waals surface area contributed by atoms with E-state index in [2.05, 4.69) is 31.4 Å². The van der Waals surface area contributed by atoms with E-state index in [1.54, 1.807) is 0 Å². The van der Waals surface area contributed by atoms with Crippen LogP contribution in [0, 0.1) is 17.3 Å². The molecule has 0 aromatic carbocycles. The minimum atomic E-state index is 0.206. The van der Waals surface area contributed by atoms with Crippen molar-refractivity contribution in [1.29, 1.82) is 0 Å². The zero-order valence-corrected chi connectivity index (χ0v) is 13.8. The zero-order valence-electron chi connectivity index (χ0n) is 13.8. The maximum atomic E-state index is 5.98. The first-order valence-corrected chi connectivity index (χ1v) is 8.79. The molecule has 2 saturated carbocycles. The molecule has 0 amide bonds. The van der Waals surface area contributed by atoms with Crippen LogP contribution in [0.15, 0.2) is 4.99 Å². The first-order chi connectivity index (χ1) is 10.1. The summed E-state index contributed by atoms with van der Waals surface area (Å²) in [5, 5.41) is 7.10. The number of rotatable bonds is 5. The minimum Gasteiger partial charge on any atom is -0.377 e. The van der Waals surface area contributed by atoms with Gasteiger partial charge in [-0.3, -0.25) is 4.99 Å². The molecule has 0 bridgehead atoms. The van der Waals surface area contributed by atoms with Crippen LogP contribution in [-0.2, 0) is 4.74 Å². The molecule has 2 aliphatic carbocycles. The first-order valence-electron chi connectivity index (χ1n) is 8.79. The molecule has 0 radical (unpaired) electrons. The van der Waals surface area contributed by atoms with Crippen molar-refractivity contribution in [2.45, 2.75) is 65.0 Å². The van der Waals surface area contributed by atoms with Gasteiger partial charge in [-0.15, -0.1) is 0 Å². The van der Waals surface area contributed by atoms with E-state index in [4.69, 9.17) is 9.73 Å². The Morgan fingerprint density at radius 2 is 2.10 bits per heavy atom. The van der Waals surface area contributed by atoms with Gasteiger partial charge in [0.25, 0.3) is 0 Å². The highest BCUT2D eigenvalue weighted by molar-refractivity contribution is 5.80. The van der Waals surface area contributed by atoms with Gasteiger partial charge in [-0.05, 0) is 32.1 Å². The second-order valence-corrected chi connectivity index (χ2v) is 7.53. The molecule has 0 spiro atoms. The molecular formula is C17H31N3O. The van der Waals surface area contributed by atoms with Crippen LogP contribution in [0.4, 0.5) is 0 Å². The Morgan fingerprint density at radius 1 is 1.29 bits per heavy atom. The Balaban J connectivity index is 1.58. The standard InChI is InChI=1S/C17H31N3O/c1-4-18-16(19-10-9-12-7-8-12)20-14-13-6-5-11-21-15(13)17(14,2)3/h12-15H,4-11H2,1-3H3,(H2,18,19,20). The van der Waals surface area contributed by atoms with Gasteiger partial charge in [0.05, 0.1) is 6.10 Å². The monoisotopic (exact) mass is 293 g/mol. The zero-order chi connectivity index (χ0) is 14.9. The number of ether oxygens (including phenoxy) is 1. The maximum Gasteiger partial charge on any atom is 0.191 e. The van der Waals surface area contributed by atoms with E-state index in [1.807, 2.05) is 0 Å². The summed E-state index contributed by atoms with van der Waals surface area (Å²) >= 11 is 0. The van der Waals surface area contributed by atoms with Crippen molar-refractivity contribution in [2.24, 2.45) is 22.2 Å². The van der Waals surface area contributed by atoms with E-state index in [9.17, 15) is 0 Å². The third-order valence-electron chi connectivity index (χ3n) is 5.47. The molecule has 3 rings (SSSR count). The molecule has 21 heavy (non-hydrogen) atoms. The number of guanidine groups is 1. The summed E-state index contributed by atoms with van der Waals surface area (Å²) in [6, 6.07) is 0.488. The van der Waals surface area contributed by atoms with Crippen LogP contribution in [0.3, 0.4) is 0 Å². The predicted molar refractivity (Wildman–Crippen MR) is 86.5 cm³/mol. The molecule has 3 aliphatic rings. The highest BCUT2D eigenvalue weighted by Gasteiger charge is 2.58. The Bertz CT molecular complexity index is 389. The summed E-state index contributed by atoms with van der Waals surface area (Å²) in [4.78, 5) is 4.77. The van der Waals surface area contributed by atoms with Gasteiger partial charge in [0.15, 0.2) is 5.96 Å². The fraction of sp³-hybridized carbons (Fsp3) is 0.941. The molecule has 4 heteroatoms. The fourth-order valence-corrected chi connectivity index (χ4v) is 4.05. The average Bonchev–Trinajstić information content (AvgIpc) is 3.29. The fourth-order valence-electron chi connectivity index (χ4n) is 4.05. The van der Waals surface area contributed by atoms with Crippen LogP contribution >= 0.6 is 0 Å². The Kier molecular flexibility index (Phi) is 4.43. The number of nitrogens with zero attached hydrogens (tertiary/aromatic N) is 1. The lowest BCUT2D eigenvalue weighted by molar-refractivity contribution is -0.188. The van der Waals surface area contributed by atoms with Crippen molar-refractivity contribution in [3.63, 3.8) is 0 Å². The van der Waals surface area contributed by atoms with Crippen molar-refractivity contribution in [3.05, 3.63) is 0 Å². The first kappa shape index (κ1) is 15.1. The lowest BCUT2D eigenvalue weighted by Crippen LogP contribution is -2.71. The second-order valence-electron chi connectivity index (χ2n) is 7.53. The van der Waals surface area contributed by atoms with Gasteiger partial charge >= 0.3 is 0 Å². The molecule has 1 heterocycles. The van der Waals surface area contributed by atoms with Gasteiger partial charge in [0.2, 0.25) is 0 Å². The quantitative estimate of drug-likeness (QED) is 0.605. The molecule has 0 aromatic rings. The Morgan fingerprint density at radius 3 is 2.81 bits per heavy atom. The molecule has 3 atom stereocenters. The predicted octanol–water partition coefficient (Wildman–Crippen LogP) is 2.55. The lowest BCUT2D eigenvalue weighted by atomic mass is 9.55. The molecule has 1 aliphatic heterocycles. The molecule has 2 N–H and O–H groups in total. The van der Waals surface area contributed by atoms with Gasteiger partial charge in [-0.25, -0.2) is 0 Å². The summed E-state index contributed by atoms with van der Waals surface area (Å²) in [5.74, 6) is 2.61. The van der Waals surface area contributed by atoms with E-state index >= 15 is 0 Å². The molecule has 3 fully saturated rings. The summed E-state index contributed by atoms with van der Waals surface area (Å²) in [6.45, 7) is 9.60. The van der Waals surface area contributed by atoms with Gasteiger partial charge < -0.3 is 15.4 Å². The molecule has 3 unspecified atom stereocenters. The summed E-state index contributed by atoms with van der Waals surface area (Å²) in [5.41, 5.74) is 0.206. The lowest BCUT2D eigenvalue weighted by Gasteiger charge is -2.60. The second kappa shape index (κ2) is 6.15. The molecule has 4 nitrogen and oxygen atoms in total. The van der Waals surface area contributed by atoms with Crippen LogP contribution in [-0.4, -0.2) is 37.8 Å². The highest BCUT2D eigenvalue weighted by atomic mass is 16.5. The average molecular weight is 293 g/mol. The van der Waals surface area contributed by atoms with Crippen molar-refractivity contribution in [3.8, 4) is 0 Å². The largest absolute Gasteiger partial charge is 0.377 e. The van der Waals surface area contributed by atoms with Crippen molar-refractivity contribution >= 4 is 5.96 Å². The smallest absolute Gasteiger partial charge is 0.191 e. The van der Waals surface area contributed by atoms with E-state index < -0.39 is 0 Å². The molecule has 0 aromatic heterocycles. The van der Waals surface area contributed by atoms with Crippen LogP contribution in [0.1, 0.15) is 52.9 Å². The normalized spacial score (nSPS) is 34.8. The van der Waals surface area contributed by atoms with Crippen molar-refractivity contribution < 1.29 is 4.74 Å². The highest BCUT2D eigenvalue weighted by Crippen LogP contribution is 2.51. The summed E-state index contributed by atoms with van der Waals surface area (Å²) in [6.07, 6.45) is 6.99. The number of hydrogen-bond acceptors (Lipinski definition) is 2. The summed E-state index contributed by atoms with van der Waals surface area (Å²) in [7, 11) is 0. The van der Waals surface area contributed by atoms with Gasteiger partial charge in [-0.1, -0.05) is 26.7 Å². The third-order valence-corrected chi connectivity index (χ3v) is 5.47. The Hall–Kier alpha value is -0.770. The molecular weight excluding hydrogens is 262 g/mol. The SMILES string of the molecule is CCNC(=NCCC1CC1)NC1C2CCCOC2C1(C)C. The summed E-state index contributed by atoms with van der Waals surface area (Å²) < 4.78 is 5.98.